The molecule has 1 fully saturated rings. The molecule has 4 rings (SSSR count). The van der Waals surface area contributed by atoms with Gasteiger partial charge in [0, 0.05) is 36.6 Å². The van der Waals surface area contributed by atoms with Gasteiger partial charge < -0.3 is 26.4 Å². The summed E-state index contributed by atoms with van der Waals surface area (Å²) >= 11 is 0. The molecule has 164 valence electrons. The summed E-state index contributed by atoms with van der Waals surface area (Å²) in [7, 11) is 0. The van der Waals surface area contributed by atoms with Crippen molar-refractivity contribution in [3.63, 3.8) is 0 Å². The number of rotatable bonds is 6. The Morgan fingerprint density at radius 1 is 1.06 bits per heavy atom. The number of nitrogens with zero attached hydrogens (tertiary/aromatic N) is 2. The van der Waals surface area contributed by atoms with Crippen LogP contribution in [-0.2, 0) is 11.2 Å². The summed E-state index contributed by atoms with van der Waals surface area (Å²) in [6, 6.07) is 18.3. The Kier molecular flexibility index (Phi) is 6.21. The quantitative estimate of drug-likeness (QED) is 0.515. The number of benzene rings is 2. The van der Waals surface area contributed by atoms with E-state index in [1.54, 1.807) is 36.7 Å². The zero-order chi connectivity index (χ0) is 22.5. The molecule has 1 aliphatic rings. The monoisotopic (exact) mass is 431 g/mol. The van der Waals surface area contributed by atoms with Gasteiger partial charge in [-0.3, -0.25) is 9.78 Å². The molecular formula is C24H25N5O3. The summed E-state index contributed by atoms with van der Waals surface area (Å²) in [4.78, 5) is 30.3. The fourth-order valence-electron chi connectivity index (χ4n) is 4.04. The molecule has 1 unspecified atom stereocenters. The molecule has 32 heavy (non-hydrogen) atoms. The van der Waals surface area contributed by atoms with Crippen molar-refractivity contribution in [2.24, 2.45) is 5.73 Å². The molecule has 0 radical (unpaired) electrons. The van der Waals surface area contributed by atoms with Gasteiger partial charge in [-0.05, 0) is 60.5 Å². The average Bonchev–Trinajstić information content (AvgIpc) is 3.17. The van der Waals surface area contributed by atoms with Gasteiger partial charge in [0.15, 0.2) is 0 Å². The van der Waals surface area contributed by atoms with Crippen LogP contribution in [0.2, 0.25) is 0 Å². The number of hydrogen-bond donors (Lipinski definition) is 3. The van der Waals surface area contributed by atoms with Crippen LogP contribution >= 0.6 is 0 Å². The molecule has 1 aliphatic heterocycles. The van der Waals surface area contributed by atoms with Crippen LogP contribution < -0.4 is 21.7 Å². The Bertz CT molecular complexity index is 1090. The van der Waals surface area contributed by atoms with Gasteiger partial charge in [0.2, 0.25) is 0 Å². The zero-order valence-electron chi connectivity index (χ0n) is 17.5. The normalized spacial score (nSPS) is 17.7. The average molecular weight is 431 g/mol. The van der Waals surface area contributed by atoms with Crippen LogP contribution in [0.15, 0.2) is 73.1 Å². The predicted octanol–water partition coefficient (Wildman–Crippen LogP) is 3.20. The lowest BCUT2D eigenvalue weighted by Crippen LogP contribution is -2.40. The van der Waals surface area contributed by atoms with Gasteiger partial charge in [-0.15, -0.1) is 0 Å². The Labute approximate surface area is 186 Å². The molecule has 2 heterocycles. The fraction of sp³-hybridized carbons (Fsp3) is 0.208. The maximum absolute atomic E-state index is 12.6. The summed E-state index contributed by atoms with van der Waals surface area (Å²) in [6.07, 6.45) is 3.75. The molecule has 8 heteroatoms. The SMILES string of the molecule is NC(=O)OC1CCN(c2ccc(C(=O)Nc3ccccc3N)cc2)[C@H]1Cc1ccncc1. The number of aromatic nitrogens is 1. The lowest BCUT2D eigenvalue weighted by atomic mass is 10.0. The van der Waals surface area contributed by atoms with E-state index in [-0.39, 0.29) is 18.1 Å². The first-order valence-corrected chi connectivity index (χ1v) is 10.4. The third-order valence-corrected chi connectivity index (χ3v) is 5.62. The van der Waals surface area contributed by atoms with Crippen LogP contribution in [0, 0.1) is 0 Å². The van der Waals surface area contributed by atoms with Gasteiger partial charge in [0.25, 0.3) is 5.91 Å². The topological polar surface area (TPSA) is 124 Å². The molecule has 5 N–H and O–H groups in total. The van der Waals surface area contributed by atoms with Gasteiger partial charge in [-0.2, -0.15) is 0 Å². The number of anilines is 3. The minimum atomic E-state index is -0.774. The van der Waals surface area contributed by atoms with Crippen LogP contribution in [0.1, 0.15) is 22.3 Å². The van der Waals surface area contributed by atoms with Crippen molar-refractivity contribution in [2.75, 3.05) is 22.5 Å². The van der Waals surface area contributed by atoms with Gasteiger partial charge in [0.05, 0.1) is 17.4 Å². The summed E-state index contributed by atoms with van der Waals surface area (Å²) < 4.78 is 5.39. The number of pyridine rings is 1. The number of para-hydroxylation sites is 2. The van der Waals surface area contributed by atoms with E-state index < -0.39 is 6.09 Å². The Balaban J connectivity index is 1.51. The molecule has 0 spiro atoms. The first-order valence-electron chi connectivity index (χ1n) is 10.4. The van der Waals surface area contributed by atoms with Crippen LogP contribution in [0.25, 0.3) is 0 Å². The van der Waals surface area contributed by atoms with Gasteiger partial charge in [-0.1, -0.05) is 12.1 Å². The lowest BCUT2D eigenvalue weighted by Gasteiger charge is -2.29. The van der Waals surface area contributed by atoms with Gasteiger partial charge in [0.1, 0.15) is 6.10 Å². The second-order valence-corrected chi connectivity index (χ2v) is 7.67. The predicted molar refractivity (Wildman–Crippen MR) is 123 cm³/mol. The molecule has 2 atom stereocenters. The highest BCUT2D eigenvalue weighted by Crippen LogP contribution is 2.30. The van der Waals surface area contributed by atoms with Crippen molar-refractivity contribution in [1.29, 1.82) is 0 Å². The van der Waals surface area contributed by atoms with E-state index in [0.717, 1.165) is 11.3 Å². The summed E-state index contributed by atoms with van der Waals surface area (Å²) in [5.41, 5.74) is 14.8. The molecule has 0 saturated carbocycles. The molecule has 2 aromatic carbocycles. The molecule has 1 aromatic heterocycles. The third-order valence-electron chi connectivity index (χ3n) is 5.62. The van der Waals surface area contributed by atoms with E-state index in [1.807, 2.05) is 36.4 Å². The first kappa shape index (κ1) is 21.2. The van der Waals surface area contributed by atoms with Gasteiger partial charge >= 0.3 is 6.09 Å². The number of hydrogen-bond acceptors (Lipinski definition) is 6. The number of primary amides is 1. The van der Waals surface area contributed by atoms with E-state index >= 15 is 0 Å². The highest BCUT2D eigenvalue weighted by molar-refractivity contribution is 6.05. The summed E-state index contributed by atoms with van der Waals surface area (Å²) in [5, 5.41) is 2.83. The molecule has 1 saturated heterocycles. The van der Waals surface area contributed by atoms with Crippen LogP contribution in [0.5, 0.6) is 0 Å². The van der Waals surface area contributed by atoms with E-state index in [4.69, 9.17) is 16.2 Å². The maximum atomic E-state index is 12.6. The number of ether oxygens (including phenoxy) is 1. The number of nitrogens with one attached hydrogen (secondary N) is 1. The Morgan fingerprint density at radius 2 is 1.78 bits per heavy atom. The van der Waals surface area contributed by atoms with Crippen LogP contribution in [0.3, 0.4) is 0 Å². The lowest BCUT2D eigenvalue weighted by molar-refractivity contribution is 0.100. The van der Waals surface area contributed by atoms with Crippen molar-refractivity contribution in [1.82, 2.24) is 4.98 Å². The van der Waals surface area contributed by atoms with E-state index in [0.29, 0.717) is 36.3 Å². The highest BCUT2D eigenvalue weighted by atomic mass is 16.6. The molecule has 8 nitrogen and oxygen atoms in total. The van der Waals surface area contributed by atoms with Crippen molar-refractivity contribution < 1.29 is 14.3 Å². The molecule has 0 aliphatic carbocycles. The van der Waals surface area contributed by atoms with Gasteiger partial charge in [-0.25, -0.2) is 4.79 Å². The minimum Gasteiger partial charge on any atom is -0.444 e. The Morgan fingerprint density at radius 3 is 2.47 bits per heavy atom. The largest absolute Gasteiger partial charge is 0.444 e. The van der Waals surface area contributed by atoms with E-state index in [2.05, 4.69) is 15.2 Å². The third kappa shape index (κ3) is 4.80. The van der Waals surface area contributed by atoms with E-state index in [9.17, 15) is 9.59 Å². The first-order chi connectivity index (χ1) is 15.5. The van der Waals surface area contributed by atoms with Crippen molar-refractivity contribution >= 4 is 29.1 Å². The summed E-state index contributed by atoms with van der Waals surface area (Å²) in [6.45, 7) is 0.708. The Hall–Kier alpha value is -4.07. The number of nitrogens with two attached hydrogens (primary N) is 2. The molecule has 2 amide bonds. The number of amides is 2. The van der Waals surface area contributed by atoms with Crippen molar-refractivity contribution in [2.45, 2.75) is 25.0 Å². The number of nitrogen functional groups attached to an aromatic ring is 1. The number of carbonyl (C=O) groups is 2. The van der Waals surface area contributed by atoms with Crippen LogP contribution in [-0.4, -0.2) is 35.7 Å². The van der Waals surface area contributed by atoms with E-state index in [1.165, 1.54) is 0 Å². The highest BCUT2D eigenvalue weighted by Gasteiger charge is 2.36. The number of carbonyl (C=O) groups excluding carboxylic acids is 2. The standard InChI is InChI=1S/C24H25N5O3/c25-19-3-1-2-4-20(19)28-23(30)17-5-7-18(8-6-17)29-14-11-22(32-24(26)31)21(29)15-16-9-12-27-13-10-16/h1-10,12-13,21-22H,11,14-15,25H2,(H2,26,31)(H,28,30)/t21-,22?/m0/s1. The second kappa shape index (κ2) is 9.38. The van der Waals surface area contributed by atoms with Crippen molar-refractivity contribution in [3.8, 4) is 0 Å². The second-order valence-electron chi connectivity index (χ2n) is 7.67. The molecule has 0 bridgehead atoms. The molecule has 3 aromatic rings. The van der Waals surface area contributed by atoms with Crippen LogP contribution in [0.4, 0.5) is 21.9 Å². The fourth-order valence-corrected chi connectivity index (χ4v) is 4.04. The summed E-state index contributed by atoms with van der Waals surface area (Å²) in [5.74, 6) is -0.237. The maximum Gasteiger partial charge on any atom is 0.404 e. The smallest absolute Gasteiger partial charge is 0.404 e. The zero-order valence-corrected chi connectivity index (χ0v) is 17.5. The minimum absolute atomic E-state index is 0.0753. The van der Waals surface area contributed by atoms with Crippen molar-refractivity contribution in [3.05, 3.63) is 84.2 Å². The molecular weight excluding hydrogens is 406 g/mol.